The molecule has 4 heteroatoms. The second-order valence-corrected chi connectivity index (χ2v) is 7.00. The van der Waals surface area contributed by atoms with Crippen molar-refractivity contribution in [2.75, 3.05) is 12.8 Å². The second-order valence-electron chi connectivity index (χ2n) is 5.09. The molecule has 2 aromatic carbocycles. The highest BCUT2D eigenvalue weighted by Crippen LogP contribution is 2.31. The maximum atomic E-state index is 6.06. The minimum Gasteiger partial charge on any atom is -0.312 e. The summed E-state index contributed by atoms with van der Waals surface area (Å²) in [5.41, 5.74) is 3.96. The standard InChI is InChI=1S/C17H19Cl2NS/c1-11-4-6-14(12(2)8-11)17(20-3)10-21-13-5-7-15(18)16(19)9-13/h4-9,17,20H,10H2,1-3H3. The minimum atomic E-state index is 0.310. The van der Waals surface area contributed by atoms with Crippen molar-refractivity contribution in [3.05, 3.63) is 63.1 Å². The number of hydrogen-bond acceptors (Lipinski definition) is 2. The fourth-order valence-corrected chi connectivity index (χ4v) is 3.72. The van der Waals surface area contributed by atoms with Gasteiger partial charge < -0.3 is 5.32 Å². The predicted molar refractivity (Wildman–Crippen MR) is 94.9 cm³/mol. The van der Waals surface area contributed by atoms with E-state index in [2.05, 4.69) is 37.4 Å². The largest absolute Gasteiger partial charge is 0.312 e. The first-order chi connectivity index (χ1) is 10.0. The van der Waals surface area contributed by atoms with Crippen molar-refractivity contribution < 1.29 is 0 Å². The Kier molecular flexibility index (Phi) is 6.00. The van der Waals surface area contributed by atoms with Crippen molar-refractivity contribution >= 4 is 35.0 Å². The second kappa shape index (κ2) is 7.55. The topological polar surface area (TPSA) is 12.0 Å². The van der Waals surface area contributed by atoms with Gasteiger partial charge in [0.25, 0.3) is 0 Å². The van der Waals surface area contributed by atoms with E-state index in [4.69, 9.17) is 23.2 Å². The zero-order valence-electron chi connectivity index (χ0n) is 12.4. The molecule has 2 rings (SSSR count). The maximum Gasteiger partial charge on any atom is 0.0603 e. The normalized spacial score (nSPS) is 12.4. The Balaban J connectivity index is 2.10. The third-order valence-electron chi connectivity index (χ3n) is 3.46. The van der Waals surface area contributed by atoms with Crippen molar-refractivity contribution in [1.29, 1.82) is 0 Å². The Hall–Kier alpha value is -0.670. The smallest absolute Gasteiger partial charge is 0.0603 e. The van der Waals surface area contributed by atoms with E-state index < -0.39 is 0 Å². The van der Waals surface area contributed by atoms with Crippen LogP contribution < -0.4 is 5.32 Å². The van der Waals surface area contributed by atoms with Crippen LogP contribution in [-0.4, -0.2) is 12.8 Å². The molecule has 0 spiro atoms. The van der Waals surface area contributed by atoms with Gasteiger partial charge in [0.05, 0.1) is 10.0 Å². The summed E-state index contributed by atoms with van der Waals surface area (Å²) in [4.78, 5) is 1.13. The van der Waals surface area contributed by atoms with Crippen LogP contribution >= 0.6 is 35.0 Å². The van der Waals surface area contributed by atoms with Crippen molar-refractivity contribution in [3.63, 3.8) is 0 Å². The zero-order valence-corrected chi connectivity index (χ0v) is 14.7. The van der Waals surface area contributed by atoms with Gasteiger partial charge in [0.2, 0.25) is 0 Å². The summed E-state index contributed by atoms with van der Waals surface area (Å²) < 4.78 is 0. The molecule has 0 saturated carbocycles. The van der Waals surface area contributed by atoms with Gasteiger partial charge in [-0.2, -0.15) is 0 Å². The highest BCUT2D eigenvalue weighted by Gasteiger charge is 2.12. The number of thioether (sulfide) groups is 1. The molecule has 0 bridgehead atoms. The van der Waals surface area contributed by atoms with Crippen LogP contribution in [0.25, 0.3) is 0 Å². The van der Waals surface area contributed by atoms with Crippen LogP contribution in [0.3, 0.4) is 0 Å². The number of nitrogens with one attached hydrogen (secondary N) is 1. The summed E-state index contributed by atoms with van der Waals surface area (Å²) in [6, 6.07) is 12.7. The van der Waals surface area contributed by atoms with Gasteiger partial charge >= 0.3 is 0 Å². The van der Waals surface area contributed by atoms with Crippen molar-refractivity contribution in [2.24, 2.45) is 0 Å². The molecule has 0 heterocycles. The molecule has 1 nitrogen and oxygen atoms in total. The SMILES string of the molecule is CNC(CSc1ccc(Cl)c(Cl)c1)c1ccc(C)cc1C. The van der Waals surface area contributed by atoms with E-state index in [1.165, 1.54) is 16.7 Å². The molecule has 0 radical (unpaired) electrons. The summed E-state index contributed by atoms with van der Waals surface area (Å²) in [7, 11) is 2.00. The summed E-state index contributed by atoms with van der Waals surface area (Å²) in [6.45, 7) is 4.28. The molecule has 0 aliphatic rings. The molecule has 0 aliphatic heterocycles. The Morgan fingerprint density at radius 1 is 1.05 bits per heavy atom. The Labute approximate surface area is 141 Å². The fourth-order valence-electron chi connectivity index (χ4n) is 2.29. The number of halogens is 2. The van der Waals surface area contributed by atoms with Gasteiger partial charge in [-0.15, -0.1) is 11.8 Å². The molecular weight excluding hydrogens is 321 g/mol. The van der Waals surface area contributed by atoms with Crippen LogP contribution in [0, 0.1) is 13.8 Å². The van der Waals surface area contributed by atoms with E-state index in [0.717, 1.165) is 10.6 Å². The molecule has 0 saturated heterocycles. The van der Waals surface area contributed by atoms with Gasteiger partial charge in [-0.1, -0.05) is 47.0 Å². The van der Waals surface area contributed by atoms with Gasteiger partial charge in [0.15, 0.2) is 0 Å². The summed E-state index contributed by atoms with van der Waals surface area (Å²) in [6.07, 6.45) is 0. The molecule has 0 amide bonds. The highest BCUT2D eigenvalue weighted by atomic mass is 35.5. The lowest BCUT2D eigenvalue weighted by Crippen LogP contribution is -2.19. The molecule has 2 aromatic rings. The average Bonchev–Trinajstić information content (AvgIpc) is 2.45. The fraction of sp³-hybridized carbons (Fsp3) is 0.294. The van der Waals surface area contributed by atoms with E-state index in [-0.39, 0.29) is 0 Å². The lowest BCUT2D eigenvalue weighted by atomic mass is 10.0. The number of hydrogen-bond donors (Lipinski definition) is 1. The highest BCUT2D eigenvalue weighted by molar-refractivity contribution is 7.99. The number of benzene rings is 2. The van der Waals surface area contributed by atoms with Crippen LogP contribution in [0.5, 0.6) is 0 Å². The van der Waals surface area contributed by atoms with E-state index in [1.54, 1.807) is 11.8 Å². The molecule has 0 aromatic heterocycles. The maximum absolute atomic E-state index is 6.06. The molecule has 0 aliphatic carbocycles. The van der Waals surface area contributed by atoms with Crippen molar-refractivity contribution in [1.82, 2.24) is 5.32 Å². The zero-order chi connectivity index (χ0) is 15.4. The summed E-state index contributed by atoms with van der Waals surface area (Å²) >= 11 is 13.8. The molecular formula is C17H19Cl2NS. The van der Waals surface area contributed by atoms with E-state index in [1.807, 2.05) is 25.2 Å². The molecule has 21 heavy (non-hydrogen) atoms. The summed E-state index contributed by atoms with van der Waals surface area (Å²) in [5.74, 6) is 0.943. The average molecular weight is 340 g/mol. The van der Waals surface area contributed by atoms with Crippen molar-refractivity contribution in [3.8, 4) is 0 Å². The van der Waals surface area contributed by atoms with E-state index >= 15 is 0 Å². The molecule has 1 N–H and O–H groups in total. The minimum absolute atomic E-state index is 0.310. The molecule has 1 unspecified atom stereocenters. The summed E-state index contributed by atoms with van der Waals surface area (Å²) in [5, 5.41) is 4.60. The van der Waals surface area contributed by atoms with Gasteiger partial charge in [0.1, 0.15) is 0 Å². The molecule has 1 atom stereocenters. The van der Waals surface area contributed by atoms with Crippen LogP contribution in [0.1, 0.15) is 22.7 Å². The Bertz CT molecular complexity index is 628. The van der Waals surface area contributed by atoms with Crippen molar-refractivity contribution in [2.45, 2.75) is 24.8 Å². The Morgan fingerprint density at radius 2 is 1.81 bits per heavy atom. The predicted octanol–water partition coefficient (Wildman–Crippen LogP) is 5.66. The monoisotopic (exact) mass is 339 g/mol. The van der Waals surface area contributed by atoms with E-state index in [9.17, 15) is 0 Å². The lowest BCUT2D eigenvalue weighted by Gasteiger charge is -2.19. The van der Waals surface area contributed by atoms with Gasteiger partial charge in [-0.25, -0.2) is 0 Å². The van der Waals surface area contributed by atoms with Gasteiger partial charge in [-0.05, 0) is 50.2 Å². The van der Waals surface area contributed by atoms with E-state index in [0.29, 0.717) is 16.1 Å². The number of rotatable bonds is 5. The van der Waals surface area contributed by atoms with Crippen LogP contribution in [0.2, 0.25) is 10.0 Å². The van der Waals surface area contributed by atoms with Crippen LogP contribution in [-0.2, 0) is 0 Å². The molecule has 0 fully saturated rings. The first-order valence-electron chi connectivity index (χ1n) is 6.83. The Morgan fingerprint density at radius 3 is 2.43 bits per heavy atom. The van der Waals surface area contributed by atoms with Crippen LogP contribution in [0.15, 0.2) is 41.3 Å². The van der Waals surface area contributed by atoms with Crippen LogP contribution in [0.4, 0.5) is 0 Å². The number of aryl methyl sites for hydroxylation is 2. The quantitative estimate of drug-likeness (QED) is 0.705. The van der Waals surface area contributed by atoms with Gasteiger partial charge in [0, 0.05) is 16.7 Å². The first-order valence-corrected chi connectivity index (χ1v) is 8.57. The lowest BCUT2D eigenvalue weighted by molar-refractivity contribution is 0.657. The molecule has 112 valence electrons. The third kappa shape index (κ3) is 4.40. The van der Waals surface area contributed by atoms with Gasteiger partial charge in [-0.3, -0.25) is 0 Å². The third-order valence-corrected chi connectivity index (χ3v) is 5.28. The first kappa shape index (κ1) is 16.7.